The second-order valence-corrected chi connectivity index (χ2v) is 6.04. The van der Waals surface area contributed by atoms with E-state index in [0.717, 1.165) is 28.1 Å². The smallest absolute Gasteiger partial charge is 0.227 e. The molecule has 1 aromatic heterocycles. The highest BCUT2D eigenvalue weighted by Gasteiger charge is 2.12. The van der Waals surface area contributed by atoms with Crippen LogP contribution in [0.5, 0.6) is 5.75 Å². The average molecular weight is 351 g/mol. The molecule has 3 rings (SSSR count). The lowest BCUT2D eigenvalue weighted by molar-refractivity contribution is -0.116. The van der Waals surface area contributed by atoms with Crippen molar-refractivity contribution in [2.45, 2.75) is 26.7 Å². The minimum Gasteiger partial charge on any atom is -0.497 e. The number of methoxy groups -OCH3 is 1. The molecule has 2 aromatic carbocycles. The van der Waals surface area contributed by atoms with Crippen LogP contribution in [0, 0.1) is 13.8 Å². The first kappa shape index (κ1) is 17.7. The molecule has 0 spiro atoms. The van der Waals surface area contributed by atoms with Crippen LogP contribution in [-0.2, 0) is 11.2 Å². The molecule has 0 aliphatic carbocycles. The highest BCUT2D eigenvalue weighted by atomic mass is 16.5. The van der Waals surface area contributed by atoms with Crippen molar-refractivity contribution in [3.63, 3.8) is 0 Å². The lowest BCUT2D eigenvalue weighted by atomic mass is 10.1. The fourth-order valence-corrected chi connectivity index (χ4v) is 2.53. The molecule has 1 heterocycles. The monoisotopic (exact) mass is 351 g/mol. The van der Waals surface area contributed by atoms with E-state index >= 15 is 0 Å². The zero-order valence-corrected chi connectivity index (χ0v) is 15.1. The van der Waals surface area contributed by atoms with E-state index < -0.39 is 0 Å². The quantitative estimate of drug-likeness (QED) is 0.728. The van der Waals surface area contributed by atoms with Gasteiger partial charge in [-0.1, -0.05) is 17.3 Å². The van der Waals surface area contributed by atoms with Gasteiger partial charge in [0.2, 0.25) is 17.6 Å². The fourth-order valence-electron chi connectivity index (χ4n) is 2.53. The lowest BCUT2D eigenvalue weighted by Crippen LogP contribution is -2.13. The van der Waals surface area contributed by atoms with E-state index in [2.05, 4.69) is 15.5 Å². The summed E-state index contributed by atoms with van der Waals surface area (Å²) in [7, 11) is 1.62. The molecule has 6 heteroatoms. The summed E-state index contributed by atoms with van der Waals surface area (Å²) in [5, 5.41) is 6.90. The number of benzene rings is 2. The summed E-state index contributed by atoms with van der Waals surface area (Å²) in [5.74, 6) is 1.62. The third-order valence-electron chi connectivity index (χ3n) is 4.26. The molecule has 0 fully saturated rings. The number of carbonyl (C=O) groups is 1. The van der Waals surface area contributed by atoms with Crippen molar-refractivity contribution < 1.29 is 14.1 Å². The molecule has 0 atom stereocenters. The topological polar surface area (TPSA) is 77.2 Å². The number of rotatable bonds is 6. The van der Waals surface area contributed by atoms with Crippen LogP contribution in [0.2, 0.25) is 0 Å². The molecule has 134 valence electrons. The molecule has 0 saturated heterocycles. The van der Waals surface area contributed by atoms with Crippen molar-refractivity contribution >= 4 is 11.6 Å². The number of hydrogen-bond donors (Lipinski definition) is 1. The Morgan fingerprint density at radius 2 is 1.92 bits per heavy atom. The molecule has 1 amide bonds. The Morgan fingerprint density at radius 1 is 1.15 bits per heavy atom. The summed E-state index contributed by atoms with van der Waals surface area (Å²) in [6.07, 6.45) is 0.664. The molecule has 1 N–H and O–H groups in total. The zero-order valence-electron chi connectivity index (χ0n) is 15.1. The minimum absolute atomic E-state index is 0.0807. The maximum Gasteiger partial charge on any atom is 0.227 e. The van der Waals surface area contributed by atoms with Crippen molar-refractivity contribution in [3.8, 4) is 17.1 Å². The third kappa shape index (κ3) is 4.08. The van der Waals surface area contributed by atoms with E-state index in [4.69, 9.17) is 9.26 Å². The Hall–Kier alpha value is -3.15. The number of hydrogen-bond acceptors (Lipinski definition) is 5. The van der Waals surface area contributed by atoms with Crippen molar-refractivity contribution in [2.24, 2.45) is 0 Å². The zero-order chi connectivity index (χ0) is 18.5. The van der Waals surface area contributed by atoms with Gasteiger partial charge in [-0.2, -0.15) is 4.98 Å². The van der Waals surface area contributed by atoms with E-state index in [1.807, 2.05) is 56.3 Å². The Labute approximate surface area is 152 Å². The molecule has 6 nitrogen and oxygen atoms in total. The van der Waals surface area contributed by atoms with Crippen molar-refractivity contribution in [1.29, 1.82) is 0 Å². The van der Waals surface area contributed by atoms with E-state index in [0.29, 0.717) is 18.1 Å². The van der Waals surface area contributed by atoms with Gasteiger partial charge in [0.25, 0.3) is 0 Å². The van der Waals surface area contributed by atoms with Gasteiger partial charge in [-0.15, -0.1) is 0 Å². The highest BCUT2D eigenvalue weighted by Crippen LogP contribution is 2.21. The Morgan fingerprint density at radius 3 is 2.65 bits per heavy atom. The molecule has 0 aliphatic rings. The van der Waals surface area contributed by atoms with Crippen LogP contribution in [0.3, 0.4) is 0 Å². The van der Waals surface area contributed by atoms with Gasteiger partial charge >= 0.3 is 0 Å². The lowest BCUT2D eigenvalue weighted by Gasteiger charge is -2.09. The van der Waals surface area contributed by atoms with Crippen molar-refractivity contribution in [2.75, 3.05) is 12.4 Å². The van der Waals surface area contributed by atoms with Crippen molar-refractivity contribution in [3.05, 3.63) is 59.5 Å². The number of amides is 1. The molecule has 3 aromatic rings. The number of carbonyl (C=O) groups excluding carboxylic acids is 1. The van der Waals surface area contributed by atoms with Crippen LogP contribution in [-0.4, -0.2) is 23.2 Å². The molecule has 26 heavy (non-hydrogen) atoms. The second kappa shape index (κ2) is 7.82. The summed E-state index contributed by atoms with van der Waals surface area (Å²) >= 11 is 0. The van der Waals surface area contributed by atoms with Gasteiger partial charge in [0, 0.05) is 24.1 Å². The highest BCUT2D eigenvalue weighted by molar-refractivity contribution is 5.91. The summed E-state index contributed by atoms with van der Waals surface area (Å²) in [6.45, 7) is 4.01. The van der Waals surface area contributed by atoms with Gasteiger partial charge in [-0.25, -0.2) is 0 Å². The summed E-state index contributed by atoms with van der Waals surface area (Å²) in [6, 6.07) is 13.2. The number of aromatic nitrogens is 2. The Kier molecular flexibility index (Phi) is 5.31. The number of ether oxygens (including phenoxy) is 1. The van der Waals surface area contributed by atoms with Gasteiger partial charge < -0.3 is 14.6 Å². The number of nitrogens with one attached hydrogen (secondary N) is 1. The number of anilines is 1. The molecular formula is C20H21N3O3. The Balaban J connectivity index is 1.59. The maximum atomic E-state index is 12.2. The second-order valence-electron chi connectivity index (χ2n) is 6.04. The van der Waals surface area contributed by atoms with Crippen LogP contribution in [0.15, 0.2) is 47.0 Å². The average Bonchev–Trinajstić information content (AvgIpc) is 3.13. The van der Waals surface area contributed by atoms with E-state index in [-0.39, 0.29) is 12.3 Å². The van der Waals surface area contributed by atoms with Crippen molar-refractivity contribution in [1.82, 2.24) is 10.1 Å². The summed E-state index contributed by atoms with van der Waals surface area (Å²) < 4.78 is 10.4. The molecule has 0 radical (unpaired) electrons. The van der Waals surface area contributed by atoms with Crippen LogP contribution in [0.1, 0.15) is 23.4 Å². The van der Waals surface area contributed by atoms with E-state index in [1.165, 1.54) is 0 Å². The largest absolute Gasteiger partial charge is 0.497 e. The van der Waals surface area contributed by atoms with Gasteiger partial charge in [-0.3, -0.25) is 4.79 Å². The normalized spacial score (nSPS) is 10.6. The van der Waals surface area contributed by atoms with Gasteiger partial charge in [0.1, 0.15) is 5.75 Å². The van der Waals surface area contributed by atoms with Crippen LogP contribution >= 0.6 is 0 Å². The van der Waals surface area contributed by atoms with Crippen LogP contribution < -0.4 is 10.1 Å². The number of nitrogens with zero attached hydrogens (tertiary/aromatic N) is 2. The first-order valence-corrected chi connectivity index (χ1v) is 8.40. The fraction of sp³-hybridized carbons (Fsp3) is 0.250. The SMILES string of the molecule is COc1ccc(-c2noc(CCC(=O)Nc3cccc(C)c3C)n2)cc1. The molecule has 0 aliphatic heterocycles. The van der Waals surface area contributed by atoms with Gasteiger partial charge in [-0.05, 0) is 55.3 Å². The molecule has 0 bridgehead atoms. The van der Waals surface area contributed by atoms with E-state index in [1.54, 1.807) is 7.11 Å². The summed E-state index contributed by atoms with van der Waals surface area (Å²) in [4.78, 5) is 16.5. The molecule has 0 saturated carbocycles. The van der Waals surface area contributed by atoms with Crippen LogP contribution in [0.25, 0.3) is 11.4 Å². The van der Waals surface area contributed by atoms with Gasteiger partial charge in [0.05, 0.1) is 7.11 Å². The first-order valence-electron chi connectivity index (χ1n) is 8.40. The van der Waals surface area contributed by atoms with E-state index in [9.17, 15) is 4.79 Å². The number of aryl methyl sites for hydroxylation is 2. The predicted octanol–water partition coefficient (Wildman–Crippen LogP) is 3.93. The first-order chi connectivity index (χ1) is 12.6. The molecular weight excluding hydrogens is 330 g/mol. The minimum atomic E-state index is -0.0807. The summed E-state index contributed by atoms with van der Waals surface area (Å²) in [5.41, 5.74) is 3.88. The predicted molar refractivity (Wildman–Crippen MR) is 99.2 cm³/mol. The molecule has 0 unspecified atom stereocenters. The standard InChI is InChI=1S/C20H21N3O3/c1-13-5-4-6-17(14(13)2)21-18(24)11-12-19-22-20(23-26-19)15-7-9-16(25-3)10-8-15/h4-10H,11-12H2,1-3H3,(H,21,24). The third-order valence-corrected chi connectivity index (χ3v) is 4.26. The maximum absolute atomic E-state index is 12.2. The van der Waals surface area contributed by atoms with Gasteiger partial charge in [0.15, 0.2) is 0 Å². The Bertz CT molecular complexity index is 901. The van der Waals surface area contributed by atoms with Crippen LogP contribution in [0.4, 0.5) is 5.69 Å².